The minimum absolute atomic E-state index is 0.553. The molecule has 0 aliphatic carbocycles. The van der Waals surface area contributed by atoms with Crippen LogP contribution < -0.4 is 11.1 Å². The number of aliphatic imine (C=N–C) groups is 1. The van der Waals surface area contributed by atoms with Crippen molar-refractivity contribution in [1.29, 1.82) is 0 Å². The second-order valence-corrected chi connectivity index (χ2v) is 6.82. The molecule has 0 saturated heterocycles. The molecule has 2 aromatic rings. The van der Waals surface area contributed by atoms with Crippen molar-refractivity contribution < 1.29 is 0 Å². The Morgan fingerprint density at radius 3 is 2.07 bits per heavy atom. The van der Waals surface area contributed by atoms with E-state index in [1.165, 1.54) is 5.56 Å². The lowest BCUT2D eigenvalue weighted by atomic mass is 9.77. The SMILES string of the molecule is C=C(C)C(N=C(C)N)(c1ccccc1)c1cccc(CCC)c1.C=CNCC.CC. The van der Waals surface area contributed by atoms with Gasteiger partial charge in [0.1, 0.15) is 5.54 Å². The number of nitrogens with zero attached hydrogens (tertiary/aromatic N) is 1. The van der Waals surface area contributed by atoms with Crippen molar-refractivity contribution in [1.82, 2.24) is 5.32 Å². The first kappa shape index (κ1) is 27.2. The summed E-state index contributed by atoms with van der Waals surface area (Å²) >= 11 is 0. The molecular weight excluding hydrogens is 366 g/mol. The number of hydrogen-bond acceptors (Lipinski definition) is 2. The largest absolute Gasteiger partial charge is 0.392 e. The normalized spacial score (nSPS) is 12.3. The van der Waals surface area contributed by atoms with Crippen LogP contribution in [0.15, 0.2) is 84.5 Å². The van der Waals surface area contributed by atoms with Crippen LogP contribution in [0.2, 0.25) is 0 Å². The second-order valence-electron chi connectivity index (χ2n) is 6.82. The molecule has 30 heavy (non-hydrogen) atoms. The van der Waals surface area contributed by atoms with E-state index >= 15 is 0 Å². The summed E-state index contributed by atoms with van der Waals surface area (Å²) in [6, 6.07) is 18.9. The first-order valence-corrected chi connectivity index (χ1v) is 10.9. The first-order chi connectivity index (χ1) is 14.4. The van der Waals surface area contributed by atoms with Gasteiger partial charge in [-0.3, -0.25) is 4.99 Å². The maximum Gasteiger partial charge on any atom is 0.133 e. The lowest BCUT2D eigenvalue weighted by Crippen LogP contribution is -2.29. The van der Waals surface area contributed by atoms with Crippen molar-refractivity contribution in [3.63, 3.8) is 0 Å². The van der Waals surface area contributed by atoms with Crippen LogP contribution in [0.4, 0.5) is 0 Å². The molecule has 1 atom stereocenters. The Balaban J connectivity index is 0.00000105. The van der Waals surface area contributed by atoms with Crippen molar-refractivity contribution in [2.75, 3.05) is 6.54 Å². The van der Waals surface area contributed by atoms with Gasteiger partial charge in [-0.15, -0.1) is 0 Å². The molecule has 0 aromatic heterocycles. The van der Waals surface area contributed by atoms with Crippen LogP contribution in [-0.2, 0) is 12.0 Å². The van der Waals surface area contributed by atoms with E-state index in [9.17, 15) is 0 Å². The summed E-state index contributed by atoms with van der Waals surface area (Å²) in [5, 5.41) is 2.88. The average Bonchev–Trinajstić information content (AvgIpc) is 2.75. The first-order valence-electron chi connectivity index (χ1n) is 10.9. The fraction of sp³-hybridized carbons (Fsp3) is 0.370. The van der Waals surface area contributed by atoms with E-state index in [0.29, 0.717) is 5.84 Å². The van der Waals surface area contributed by atoms with E-state index in [0.717, 1.165) is 36.1 Å². The summed E-state index contributed by atoms with van der Waals surface area (Å²) in [7, 11) is 0. The van der Waals surface area contributed by atoms with Crippen molar-refractivity contribution in [2.45, 2.75) is 59.9 Å². The number of amidine groups is 1. The Bertz CT molecular complexity index is 774. The average molecular weight is 408 g/mol. The zero-order valence-electron chi connectivity index (χ0n) is 19.8. The molecule has 0 saturated carbocycles. The third-order valence-corrected chi connectivity index (χ3v) is 4.39. The van der Waals surface area contributed by atoms with Crippen LogP contribution in [0.5, 0.6) is 0 Å². The number of aryl methyl sites for hydroxylation is 1. The highest BCUT2D eigenvalue weighted by molar-refractivity contribution is 5.79. The van der Waals surface area contributed by atoms with Crippen LogP contribution in [0, 0.1) is 0 Å². The standard InChI is InChI=1S/C21H26N2.C4H9N.C2H6/c1-5-10-18-11-9-14-20(15-18)21(16(2)3,23-17(4)22)19-12-7-6-8-13-19;1-3-5-4-2;1-2/h6-9,11-15H,2,5,10H2,1,3-4H3,(H2,22,23);3,5H,1,4H2,2H3;1-2H3. The van der Waals surface area contributed by atoms with Crippen molar-refractivity contribution in [3.05, 3.63) is 96.2 Å². The lowest BCUT2D eigenvalue weighted by Gasteiger charge is -2.32. The summed E-state index contributed by atoms with van der Waals surface area (Å²) in [5.74, 6) is 0.553. The van der Waals surface area contributed by atoms with Gasteiger partial charge in [0.15, 0.2) is 0 Å². The molecule has 3 N–H and O–H groups in total. The monoisotopic (exact) mass is 407 g/mol. The quantitative estimate of drug-likeness (QED) is 0.294. The third-order valence-electron chi connectivity index (χ3n) is 4.39. The summed E-state index contributed by atoms with van der Waals surface area (Å²) < 4.78 is 0. The van der Waals surface area contributed by atoms with E-state index in [4.69, 9.17) is 10.7 Å². The van der Waals surface area contributed by atoms with Crippen LogP contribution in [0.25, 0.3) is 0 Å². The predicted octanol–water partition coefficient (Wildman–Crippen LogP) is 6.60. The number of rotatable bonds is 8. The fourth-order valence-electron chi connectivity index (χ4n) is 3.21. The zero-order valence-corrected chi connectivity index (χ0v) is 19.8. The van der Waals surface area contributed by atoms with Crippen LogP contribution in [0.1, 0.15) is 64.7 Å². The molecule has 0 spiro atoms. The van der Waals surface area contributed by atoms with E-state index in [1.54, 1.807) is 6.20 Å². The van der Waals surface area contributed by atoms with Crippen molar-refractivity contribution >= 4 is 5.84 Å². The second kappa shape index (κ2) is 15.1. The van der Waals surface area contributed by atoms with Gasteiger partial charge in [-0.05, 0) is 55.7 Å². The van der Waals surface area contributed by atoms with Gasteiger partial charge in [0.05, 0.1) is 5.84 Å². The minimum Gasteiger partial charge on any atom is -0.392 e. The molecule has 0 heterocycles. The molecule has 0 amide bonds. The zero-order chi connectivity index (χ0) is 23.0. The van der Waals surface area contributed by atoms with Gasteiger partial charge in [-0.1, -0.05) is 94.9 Å². The van der Waals surface area contributed by atoms with E-state index in [-0.39, 0.29) is 0 Å². The number of hydrogen-bond donors (Lipinski definition) is 2. The molecule has 0 aliphatic rings. The van der Waals surface area contributed by atoms with E-state index < -0.39 is 5.54 Å². The van der Waals surface area contributed by atoms with Gasteiger partial charge in [0.2, 0.25) is 0 Å². The van der Waals surface area contributed by atoms with Crippen LogP contribution in [-0.4, -0.2) is 12.4 Å². The molecule has 0 radical (unpaired) electrons. The molecule has 2 aromatic carbocycles. The molecule has 3 heteroatoms. The minimum atomic E-state index is -0.635. The van der Waals surface area contributed by atoms with Gasteiger partial charge in [-0.25, -0.2) is 0 Å². The van der Waals surface area contributed by atoms with E-state index in [2.05, 4.69) is 61.8 Å². The molecule has 3 nitrogen and oxygen atoms in total. The number of benzene rings is 2. The maximum atomic E-state index is 6.00. The van der Waals surface area contributed by atoms with Gasteiger partial charge >= 0.3 is 0 Å². The molecule has 2 rings (SSSR count). The van der Waals surface area contributed by atoms with Gasteiger partial charge in [0.25, 0.3) is 0 Å². The Kier molecular flexibility index (Phi) is 13.7. The summed E-state index contributed by atoms with van der Waals surface area (Å²) in [5.41, 5.74) is 9.84. The maximum absolute atomic E-state index is 6.00. The summed E-state index contributed by atoms with van der Waals surface area (Å²) in [4.78, 5) is 4.84. The highest BCUT2D eigenvalue weighted by Crippen LogP contribution is 2.40. The van der Waals surface area contributed by atoms with Gasteiger partial charge in [-0.2, -0.15) is 0 Å². The summed E-state index contributed by atoms with van der Waals surface area (Å²) in [6.07, 6.45) is 3.86. The molecule has 164 valence electrons. The van der Waals surface area contributed by atoms with Crippen molar-refractivity contribution in [3.8, 4) is 0 Å². The highest BCUT2D eigenvalue weighted by Gasteiger charge is 2.35. The lowest BCUT2D eigenvalue weighted by molar-refractivity contribution is 0.639. The topological polar surface area (TPSA) is 50.4 Å². The van der Waals surface area contributed by atoms with E-state index in [1.807, 2.05) is 52.8 Å². The predicted molar refractivity (Wildman–Crippen MR) is 135 cm³/mol. The Hall–Kier alpha value is -2.81. The molecule has 0 bridgehead atoms. The molecule has 1 unspecified atom stereocenters. The summed E-state index contributed by atoms with van der Waals surface area (Å²) in [6.45, 7) is 20.7. The fourth-order valence-corrected chi connectivity index (χ4v) is 3.21. The molecular formula is C27H41N3. The van der Waals surface area contributed by atoms with Gasteiger partial charge in [0, 0.05) is 6.54 Å². The number of nitrogens with one attached hydrogen (secondary N) is 1. The van der Waals surface area contributed by atoms with Gasteiger partial charge < -0.3 is 11.1 Å². The Morgan fingerprint density at radius 1 is 1.03 bits per heavy atom. The molecule has 0 aliphatic heterocycles. The third kappa shape index (κ3) is 7.90. The molecule has 0 fully saturated rings. The van der Waals surface area contributed by atoms with Crippen molar-refractivity contribution in [2.24, 2.45) is 10.7 Å². The Morgan fingerprint density at radius 2 is 1.63 bits per heavy atom. The Labute approximate surface area is 184 Å². The highest BCUT2D eigenvalue weighted by atomic mass is 14.9. The smallest absolute Gasteiger partial charge is 0.133 e. The number of nitrogens with two attached hydrogens (primary N) is 1. The van der Waals surface area contributed by atoms with Crippen LogP contribution in [0.3, 0.4) is 0 Å². The van der Waals surface area contributed by atoms with Crippen LogP contribution >= 0.6 is 0 Å².